The summed E-state index contributed by atoms with van der Waals surface area (Å²) in [7, 11) is 0. The van der Waals surface area contributed by atoms with E-state index in [0.717, 1.165) is 30.0 Å². The number of halogens is 1. The second-order valence-corrected chi connectivity index (χ2v) is 5.41. The number of fused-ring (bicyclic) bond motifs is 2. The van der Waals surface area contributed by atoms with E-state index in [1.165, 1.54) is 18.9 Å². The standard InChI is InChI=1S/C17H15FN2O/c1-11-12-5-4-6-14(18)16(12)21-17-13(11)7-8-15(19-17)20-9-2-3-10-20/h4-8H,1-3,9-10H2. The molecule has 0 saturated carbocycles. The molecule has 4 rings (SSSR count). The van der Waals surface area contributed by atoms with Gasteiger partial charge in [-0.3, -0.25) is 0 Å². The highest BCUT2D eigenvalue weighted by Gasteiger charge is 2.25. The molecule has 4 heteroatoms. The van der Waals surface area contributed by atoms with Crippen molar-refractivity contribution in [2.45, 2.75) is 12.8 Å². The van der Waals surface area contributed by atoms with Crippen molar-refractivity contribution in [3.63, 3.8) is 0 Å². The molecule has 1 saturated heterocycles. The van der Waals surface area contributed by atoms with E-state index in [1.807, 2.05) is 18.2 Å². The summed E-state index contributed by atoms with van der Waals surface area (Å²) in [6.07, 6.45) is 2.37. The molecular formula is C17H15FN2O. The van der Waals surface area contributed by atoms with Crippen molar-refractivity contribution in [1.29, 1.82) is 0 Å². The largest absolute Gasteiger partial charge is 0.435 e. The number of aromatic nitrogens is 1. The fourth-order valence-electron chi connectivity index (χ4n) is 2.95. The van der Waals surface area contributed by atoms with Gasteiger partial charge in [0.25, 0.3) is 0 Å². The van der Waals surface area contributed by atoms with E-state index in [0.29, 0.717) is 11.4 Å². The topological polar surface area (TPSA) is 25.4 Å². The van der Waals surface area contributed by atoms with Crippen LogP contribution < -0.4 is 9.64 Å². The van der Waals surface area contributed by atoms with Crippen LogP contribution in [-0.4, -0.2) is 18.1 Å². The molecule has 2 aliphatic rings. The van der Waals surface area contributed by atoms with Gasteiger partial charge in [-0.15, -0.1) is 0 Å². The predicted octanol–water partition coefficient (Wildman–Crippen LogP) is 3.99. The lowest BCUT2D eigenvalue weighted by Crippen LogP contribution is -2.19. The lowest BCUT2D eigenvalue weighted by atomic mass is 9.97. The van der Waals surface area contributed by atoms with Gasteiger partial charge < -0.3 is 9.64 Å². The number of pyridine rings is 1. The third-order valence-corrected chi connectivity index (χ3v) is 4.09. The fourth-order valence-corrected chi connectivity index (χ4v) is 2.95. The lowest BCUT2D eigenvalue weighted by molar-refractivity contribution is 0.420. The summed E-state index contributed by atoms with van der Waals surface area (Å²) >= 11 is 0. The fraction of sp³-hybridized carbons (Fsp3) is 0.235. The van der Waals surface area contributed by atoms with Crippen molar-refractivity contribution in [3.05, 3.63) is 53.9 Å². The van der Waals surface area contributed by atoms with Crippen LogP contribution in [-0.2, 0) is 0 Å². The minimum atomic E-state index is -0.382. The smallest absolute Gasteiger partial charge is 0.229 e. The van der Waals surface area contributed by atoms with Gasteiger partial charge in [-0.1, -0.05) is 18.7 Å². The molecule has 0 bridgehead atoms. The Bertz CT molecular complexity index is 736. The first-order valence-corrected chi connectivity index (χ1v) is 7.16. The second-order valence-electron chi connectivity index (χ2n) is 5.41. The zero-order valence-corrected chi connectivity index (χ0v) is 11.6. The second kappa shape index (κ2) is 4.58. The summed E-state index contributed by atoms with van der Waals surface area (Å²) in [4.78, 5) is 6.79. The first-order chi connectivity index (χ1) is 10.2. The van der Waals surface area contributed by atoms with E-state index in [2.05, 4.69) is 16.5 Å². The number of benzene rings is 1. The summed E-state index contributed by atoms with van der Waals surface area (Å²) in [5, 5.41) is 0. The van der Waals surface area contributed by atoms with Gasteiger partial charge in [0.2, 0.25) is 5.88 Å². The van der Waals surface area contributed by atoms with Gasteiger partial charge in [-0.05, 0) is 36.6 Å². The Morgan fingerprint density at radius 2 is 1.90 bits per heavy atom. The molecule has 0 unspecified atom stereocenters. The molecule has 21 heavy (non-hydrogen) atoms. The Balaban J connectivity index is 1.79. The Kier molecular flexibility index (Phi) is 2.70. The molecule has 2 aromatic rings. The molecule has 3 nitrogen and oxygen atoms in total. The van der Waals surface area contributed by atoms with Crippen molar-refractivity contribution in [2.75, 3.05) is 18.0 Å². The average molecular weight is 282 g/mol. The highest BCUT2D eigenvalue weighted by Crippen LogP contribution is 2.43. The highest BCUT2D eigenvalue weighted by atomic mass is 19.1. The summed E-state index contributed by atoms with van der Waals surface area (Å²) in [6, 6.07) is 8.83. The zero-order chi connectivity index (χ0) is 14.4. The van der Waals surface area contributed by atoms with Gasteiger partial charge in [0.1, 0.15) is 5.82 Å². The molecular weight excluding hydrogens is 267 g/mol. The van der Waals surface area contributed by atoms with Gasteiger partial charge in [-0.25, -0.2) is 4.39 Å². The van der Waals surface area contributed by atoms with Crippen LogP contribution >= 0.6 is 0 Å². The number of para-hydroxylation sites is 1. The molecule has 1 fully saturated rings. The molecule has 106 valence electrons. The number of ether oxygens (including phenoxy) is 1. The van der Waals surface area contributed by atoms with Crippen molar-refractivity contribution >= 4 is 11.4 Å². The van der Waals surface area contributed by atoms with Gasteiger partial charge in [0.05, 0.1) is 0 Å². The Labute approximate surface area is 122 Å². The van der Waals surface area contributed by atoms with Crippen LogP contribution in [0.1, 0.15) is 24.0 Å². The molecule has 0 atom stereocenters. The number of hydrogen-bond acceptors (Lipinski definition) is 3. The Morgan fingerprint density at radius 1 is 1.10 bits per heavy atom. The summed E-state index contributed by atoms with van der Waals surface area (Å²) in [6.45, 7) is 6.09. The van der Waals surface area contributed by atoms with E-state index >= 15 is 0 Å². The van der Waals surface area contributed by atoms with Crippen molar-refractivity contribution < 1.29 is 9.13 Å². The lowest BCUT2D eigenvalue weighted by Gasteiger charge is -2.24. The maximum absolute atomic E-state index is 13.9. The van der Waals surface area contributed by atoms with Gasteiger partial charge >= 0.3 is 0 Å². The first kappa shape index (κ1) is 12.4. The van der Waals surface area contributed by atoms with Crippen LogP contribution in [0.5, 0.6) is 11.6 Å². The molecule has 0 amide bonds. The number of rotatable bonds is 1. The van der Waals surface area contributed by atoms with E-state index in [-0.39, 0.29) is 11.6 Å². The van der Waals surface area contributed by atoms with Crippen molar-refractivity contribution in [2.24, 2.45) is 0 Å². The average Bonchev–Trinajstić information content (AvgIpc) is 3.02. The molecule has 3 heterocycles. The third kappa shape index (κ3) is 1.90. The van der Waals surface area contributed by atoms with E-state index in [4.69, 9.17) is 4.74 Å². The van der Waals surface area contributed by atoms with Crippen molar-refractivity contribution in [3.8, 4) is 11.6 Å². The van der Waals surface area contributed by atoms with Gasteiger partial charge in [0.15, 0.2) is 11.6 Å². The minimum Gasteiger partial charge on any atom is -0.435 e. The van der Waals surface area contributed by atoms with Crippen LogP contribution in [0.4, 0.5) is 10.2 Å². The highest BCUT2D eigenvalue weighted by molar-refractivity contribution is 5.86. The van der Waals surface area contributed by atoms with Crippen LogP contribution in [0, 0.1) is 5.82 Å². The van der Waals surface area contributed by atoms with Gasteiger partial charge in [0, 0.05) is 24.2 Å². The van der Waals surface area contributed by atoms with E-state index in [9.17, 15) is 4.39 Å². The zero-order valence-electron chi connectivity index (χ0n) is 11.6. The van der Waals surface area contributed by atoms with E-state index < -0.39 is 0 Å². The van der Waals surface area contributed by atoms with Crippen LogP contribution in [0.3, 0.4) is 0 Å². The molecule has 2 aliphatic heterocycles. The molecule has 0 spiro atoms. The normalized spacial score (nSPS) is 16.4. The first-order valence-electron chi connectivity index (χ1n) is 7.16. The predicted molar refractivity (Wildman–Crippen MR) is 80.3 cm³/mol. The Hall–Kier alpha value is -2.36. The maximum atomic E-state index is 13.9. The van der Waals surface area contributed by atoms with E-state index in [1.54, 1.807) is 6.07 Å². The summed E-state index contributed by atoms with van der Waals surface area (Å²) in [5.41, 5.74) is 2.28. The van der Waals surface area contributed by atoms with Gasteiger partial charge in [-0.2, -0.15) is 4.98 Å². The number of nitrogens with zero attached hydrogens (tertiary/aromatic N) is 2. The molecule has 1 aromatic heterocycles. The minimum absolute atomic E-state index is 0.223. The van der Waals surface area contributed by atoms with Crippen LogP contribution in [0.15, 0.2) is 36.9 Å². The number of anilines is 1. The monoisotopic (exact) mass is 282 g/mol. The maximum Gasteiger partial charge on any atom is 0.229 e. The quantitative estimate of drug-likeness (QED) is 0.675. The molecule has 0 N–H and O–H groups in total. The third-order valence-electron chi connectivity index (χ3n) is 4.09. The summed E-state index contributed by atoms with van der Waals surface area (Å²) in [5.74, 6) is 1.18. The van der Waals surface area contributed by atoms with Crippen molar-refractivity contribution in [1.82, 2.24) is 4.98 Å². The number of hydrogen-bond donors (Lipinski definition) is 0. The molecule has 1 aromatic carbocycles. The summed E-state index contributed by atoms with van der Waals surface area (Å²) < 4.78 is 19.6. The molecule has 0 radical (unpaired) electrons. The SMILES string of the molecule is C=C1c2ccc(N3CCCC3)nc2Oc2c(F)cccc21. The molecule has 0 aliphatic carbocycles. The van der Waals surface area contributed by atoms with Crippen LogP contribution in [0.2, 0.25) is 0 Å². The van der Waals surface area contributed by atoms with Crippen LogP contribution in [0.25, 0.3) is 5.57 Å². The Morgan fingerprint density at radius 3 is 2.71 bits per heavy atom.